The molecule has 0 fully saturated rings. The van der Waals surface area contributed by atoms with Crippen molar-refractivity contribution in [3.8, 4) is 28.4 Å². The Labute approximate surface area is 106 Å². The van der Waals surface area contributed by atoms with E-state index in [9.17, 15) is 0 Å². The van der Waals surface area contributed by atoms with Crippen LogP contribution in [0.15, 0.2) is 36.4 Å². The van der Waals surface area contributed by atoms with Crippen LogP contribution in [-0.4, -0.2) is 13.9 Å². The minimum atomic E-state index is 0.295. The first-order chi connectivity index (χ1) is 8.78. The second-order valence-corrected chi connectivity index (χ2v) is 4.27. The first kappa shape index (κ1) is 11.0. The molecule has 0 atom stereocenters. The molecule has 1 heterocycles. The average molecular weight is 242 g/mol. The molecule has 2 aromatic carbocycles. The lowest BCUT2D eigenvalue weighted by atomic mass is 10.0. The van der Waals surface area contributed by atoms with Crippen LogP contribution < -0.4 is 14.2 Å². The molecule has 0 N–H and O–H groups in total. The summed E-state index contributed by atoms with van der Waals surface area (Å²) in [6, 6.07) is 12.1. The SMILES string of the molecule is COc1ccc(C)cc1-c1ccc2c(c1)OCO2. The Morgan fingerprint density at radius 2 is 1.83 bits per heavy atom. The van der Waals surface area contributed by atoms with Gasteiger partial charge in [0, 0.05) is 5.56 Å². The van der Waals surface area contributed by atoms with E-state index in [4.69, 9.17) is 14.2 Å². The lowest BCUT2D eigenvalue weighted by Crippen LogP contribution is -1.92. The molecule has 18 heavy (non-hydrogen) atoms. The van der Waals surface area contributed by atoms with Crippen LogP contribution in [0.3, 0.4) is 0 Å². The van der Waals surface area contributed by atoms with Gasteiger partial charge in [-0.3, -0.25) is 0 Å². The molecule has 0 aromatic heterocycles. The van der Waals surface area contributed by atoms with Gasteiger partial charge in [0.05, 0.1) is 7.11 Å². The zero-order valence-corrected chi connectivity index (χ0v) is 10.4. The third kappa shape index (κ3) is 1.78. The Hall–Kier alpha value is -2.16. The van der Waals surface area contributed by atoms with Crippen LogP contribution in [-0.2, 0) is 0 Å². The van der Waals surface area contributed by atoms with Crippen LogP contribution in [0.5, 0.6) is 17.2 Å². The minimum absolute atomic E-state index is 0.295. The second kappa shape index (κ2) is 4.26. The molecule has 3 nitrogen and oxygen atoms in total. The summed E-state index contributed by atoms with van der Waals surface area (Å²) in [6.45, 7) is 2.36. The van der Waals surface area contributed by atoms with E-state index in [1.54, 1.807) is 7.11 Å². The predicted octanol–water partition coefficient (Wildman–Crippen LogP) is 3.40. The zero-order chi connectivity index (χ0) is 12.5. The summed E-state index contributed by atoms with van der Waals surface area (Å²) in [5.74, 6) is 2.45. The highest BCUT2D eigenvalue weighted by Gasteiger charge is 2.15. The maximum absolute atomic E-state index is 5.40. The van der Waals surface area contributed by atoms with E-state index in [-0.39, 0.29) is 0 Å². The Morgan fingerprint density at radius 3 is 2.67 bits per heavy atom. The normalized spacial score (nSPS) is 12.6. The monoisotopic (exact) mass is 242 g/mol. The fourth-order valence-corrected chi connectivity index (χ4v) is 2.11. The van der Waals surface area contributed by atoms with Gasteiger partial charge in [-0.15, -0.1) is 0 Å². The predicted molar refractivity (Wildman–Crippen MR) is 69.3 cm³/mol. The Bertz CT molecular complexity index is 590. The van der Waals surface area contributed by atoms with Gasteiger partial charge in [-0.05, 0) is 36.8 Å². The van der Waals surface area contributed by atoms with E-state index in [1.807, 2.05) is 30.3 Å². The zero-order valence-electron chi connectivity index (χ0n) is 10.4. The molecule has 0 saturated heterocycles. The maximum Gasteiger partial charge on any atom is 0.231 e. The first-order valence-electron chi connectivity index (χ1n) is 5.82. The van der Waals surface area contributed by atoms with Gasteiger partial charge in [0.1, 0.15) is 5.75 Å². The lowest BCUT2D eigenvalue weighted by Gasteiger charge is -2.10. The molecule has 2 aromatic rings. The van der Waals surface area contributed by atoms with Crippen LogP contribution in [0.4, 0.5) is 0 Å². The fraction of sp³-hybridized carbons (Fsp3) is 0.200. The van der Waals surface area contributed by atoms with Crippen molar-refractivity contribution >= 4 is 0 Å². The van der Waals surface area contributed by atoms with Crippen LogP contribution >= 0.6 is 0 Å². The smallest absolute Gasteiger partial charge is 0.231 e. The summed E-state index contributed by atoms with van der Waals surface area (Å²) < 4.78 is 16.1. The van der Waals surface area contributed by atoms with Crippen molar-refractivity contribution in [3.05, 3.63) is 42.0 Å². The van der Waals surface area contributed by atoms with Crippen molar-refractivity contribution in [1.82, 2.24) is 0 Å². The summed E-state index contributed by atoms with van der Waals surface area (Å²) in [5.41, 5.74) is 3.33. The number of ether oxygens (including phenoxy) is 3. The van der Waals surface area contributed by atoms with Crippen molar-refractivity contribution < 1.29 is 14.2 Å². The van der Waals surface area contributed by atoms with Crippen LogP contribution in [0.2, 0.25) is 0 Å². The topological polar surface area (TPSA) is 27.7 Å². The standard InChI is InChI=1S/C15H14O3/c1-10-3-5-13(16-2)12(7-10)11-4-6-14-15(8-11)18-9-17-14/h3-8H,9H2,1-2H3. The number of hydrogen-bond donors (Lipinski definition) is 0. The second-order valence-electron chi connectivity index (χ2n) is 4.27. The summed E-state index contributed by atoms with van der Waals surface area (Å²) in [6.07, 6.45) is 0. The van der Waals surface area contributed by atoms with Crippen molar-refractivity contribution in [3.63, 3.8) is 0 Å². The molecule has 0 radical (unpaired) electrons. The number of hydrogen-bond acceptors (Lipinski definition) is 3. The van der Waals surface area contributed by atoms with Crippen molar-refractivity contribution in [2.75, 3.05) is 13.9 Å². The molecule has 0 amide bonds. The quantitative estimate of drug-likeness (QED) is 0.807. The fourth-order valence-electron chi connectivity index (χ4n) is 2.11. The van der Waals surface area contributed by atoms with E-state index in [2.05, 4.69) is 13.0 Å². The van der Waals surface area contributed by atoms with Gasteiger partial charge in [0.25, 0.3) is 0 Å². The number of benzene rings is 2. The summed E-state index contributed by atoms with van der Waals surface area (Å²) >= 11 is 0. The van der Waals surface area contributed by atoms with Gasteiger partial charge in [0.15, 0.2) is 11.5 Å². The van der Waals surface area contributed by atoms with Crippen LogP contribution in [0.1, 0.15) is 5.56 Å². The lowest BCUT2D eigenvalue weighted by molar-refractivity contribution is 0.174. The Morgan fingerprint density at radius 1 is 1.00 bits per heavy atom. The third-order valence-electron chi connectivity index (χ3n) is 3.04. The molecule has 0 spiro atoms. The highest BCUT2D eigenvalue weighted by Crippen LogP contribution is 2.38. The van der Waals surface area contributed by atoms with E-state index in [0.717, 1.165) is 28.4 Å². The summed E-state index contributed by atoms with van der Waals surface area (Å²) in [7, 11) is 1.68. The van der Waals surface area contributed by atoms with E-state index >= 15 is 0 Å². The van der Waals surface area contributed by atoms with Crippen LogP contribution in [0, 0.1) is 6.92 Å². The van der Waals surface area contributed by atoms with Gasteiger partial charge in [-0.2, -0.15) is 0 Å². The highest BCUT2D eigenvalue weighted by molar-refractivity contribution is 5.73. The van der Waals surface area contributed by atoms with Crippen molar-refractivity contribution in [1.29, 1.82) is 0 Å². The van der Waals surface area contributed by atoms with E-state index in [1.165, 1.54) is 5.56 Å². The molecular formula is C15H14O3. The molecule has 0 bridgehead atoms. The van der Waals surface area contributed by atoms with Gasteiger partial charge >= 0.3 is 0 Å². The summed E-state index contributed by atoms with van der Waals surface area (Å²) in [4.78, 5) is 0. The first-order valence-corrected chi connectivity index (χ1v) is 5.82. The molecule has 92 valence electrons. The number of rotatable bonds is 2. The molecule has 3 rings (SSSR count). The Kier molecular flexibility index (Phi) is 2.59. The Balaban J connectivity index is 2.12. The van der Waals surface area contributed by atoms with Crippen molar-refractivity contribution in [2.45, 2.75) is 6.92 Å². The molecule has 0 aliphatic carbocycles. The number of fused-ring (bicyclic) bond motifs is 1. The molecular weight excluding hydrogens is 228 g/mol. The average Bonchev–Trinajstić information content (AvgIpc) is 2.85. The maximum atomic E-state index is 5.40. The molecule has 1 aliphatic rings. The van der Waals surface area contributed by atoms with E-state index < -0.39 is 0 Å². The largest absolute Gasteiger partial charge is 0.496 e. The van der Waals surface area contributed by atoms with Gasteiger partial charge in [-0.25, -0.2) is 0 Å². The summed E-state index contributed by atoms with van der Waals surface area (Å²) in [5, 5.41) is 0. The molecule has 3 heteroatoms. The molecule has 0 unspecified atom stereocenters. The van der Waals surface area contributed by atoms with E-state index in [0.29, 0.717) is 6.79 Å². The van der Waals surface area contributed by atoms with Gasteiger partial charge < -0.3 is 14.2 Å². The van der Waals surface area contributed by atoms with Gasteiger partial charge in [-0.1, -0.05) is 17.7 Å². The minimum Gasteiger partial charge on any atom is -0.496 e. The highest BCUT2D eigenvalue weighted by atomic mass is 16.7. The molecule has 0 saturated carbocycles. The number of methoxy groups -OCH3 is 1. The van der Waals surface area contributed by atoms with Crippen LogP contribution in [0.25, 0.3) is 11.1 Å². The number of aryl methyl sites for hydroxylation is 1. The van der Waals surface area contributed by atoms with Gasteiger partial charge in [0.2, 0.25) is 6.79 Å². The van der Waals surface area contributed by atoms with Crippen molar-refractivity contribution in [2.24, 2.45) is 0 Å². The molecule has 1 aliphatic heterocycles. The third-order valence-corrected chi connectivity index (χ3v) is 3.04.